The van der Waals surface area contributed by atoms with Gasteiger partial charge in [-0.15, -0.1) is 0 Å². The molecule has 49 heavy (non-hydrogen) atoms. The van der Waals surface area contributed by atoms with Crippen LogP contribution in [0.25, 0.3) is 0 Å². The number of epoxide rings is 1. The van der Waals surface area contributed by atoms with Gasteiger partial charge in [0.2, 0.25) is 11.8 Å². The first-order chi connectivity index (χ1) is 23.4. The number of nitrogens with one attached hydrogen (secondary N) is 2. The molecular weight excluding hydrogens is 626 g/mol. The zero-order valence-electron chi connectivity index (χ0n) is 29.0. The van der Waals surface area contributed by atoms with Crippen LogP contribution in [0.1, 0.15) is 82.1 Å². The van der Waals surface area contributed by atoms with E-state index in [1.165, 1.54) is 4.90 Å². The Bertz CT molecular complexity index is 1520. The summed E-state index contributed by atoms with van der Waals surface area (Å²) in [6.07, 6.45) is 3.12. The molecule has 4 aliphatic heterocycles. The third-order valence-electron chi connectivity index (χ3n) is 9.48. The van der Waals surface area contributed by atoms with Gasteiger partial charge in [0.1, 0.15) is 23.1 Å². The summed E-state index contributed by atoms with van der Waals surface area (Å²) < 4.78 is 17.3. The van der Waals surface area contributed by atoms with Gasteiger partial charge >= 0.3 is 0 Å². The maximum absolute atomic E-state index is 14.0. The van der Waals surface area contributed by atoms with E-state index in [2.05, 4.69) is 10.6 Å². The Morgan fingerprint density at radius 1 is 0.980 bits per heavy atom. The number of hydrogen-bond donors (Lipinski definition) is 2. The van der Waals surface area contributed by atoms with Crippen LogP contribution in [0.5, 0.6) is 11.5 Å². The van der Waals surface area contributed by atoms with Crippen LogP contribution in [0.3, 0.4) is 0 Å². The van der Waals surface area contributed by atoms with Gasteiger partial charge in [-0.1, -0.05) is 38.1 Å². The largest absolute Gasteiger partial charge is 0.494 e. The Morgan fingerprint density at radius 2 is 1.67 bits per heavy atom. The number of rotatable bonds is 6. The molecular formula is C38H49N3O8. The lowest BCUT2D eigenvalue weighted by Gasteiger charge is -2.29. The van der Waals surface area contributed by atoms with Gasteiger partial charge in [-0.25, -0.2) is 0 Å². The Hall–Kier alpha value is -4.25. The van der Waals surface area contributed by atoms with Gasteiger partial charge in [0, 0.05) is 18.9 Å². The lowest BCUT2D eigenvalue weighted by atomic mass is 9.88. The van der Waals surface area contributed by atoms with E-state index in [1.807, 2.05) is 38.1 Å². The smallest absolute Gasteiger partial charge is 0.255 e. The van der Waals surface area contributed by atoms with Crippen molar-refractivity contribution in [2.24, 2.45) is 11.8 Å². The van der Waals surface area contributed by atoms with Crippen LogP contribution in [0.15, 0.2) is 48.5 Å². The van der Waals surface area contributed by atoms with Crippen LogP contribution >= 0.6 is 0 Å². The molecule has 2 bridgehead atoms. The number of ether oxygens (including phenoxy) is 3. The lowest BCUT2D eigenvalue weighted by molar-refractivity contribution is -0.140. The minimum absolute atomic E-state index is 0.111. The average molecular weight is 676 g/mol. The van der Waals surface area contributed by atoms with Gasteiger partial charge in [0.15, 0.2) is 11.6 Å². The molecule has 2 fully saturated rings. The molecule has 3 amide bonds. The monoisotopic (exact) mass is 675 g/mol. The van der Waals surface area contributed by atoms with Crippen molar-refractivity contribution >= 4 is 29.3 Å². The van der Waals surface area contributed by atoms with E-state index >= 15 is 0 Å². The van der Waals surface area contributed by atoms with Gasteiger partial charge in [0.05, 0.1) is 37.5 Å². The van der Waals surface area contributed by atoms with Crippen molar-refractivity contribution in [1.29, 1.82) is 0 Å². The molecule has 11 heteroatoms. The fourth-order valence-electron chi connectivity index (χ4n) is 6.56. The molecule has 0 unspecified atom stereocenters. The van der Waals surface area contributed by atoms with Gasteiger partial charge < -0.3 is 29.7 Å². The van der Waals surface area contributed by atoms with Crippen LogP contribution in [-0.4, -0.2) is 84.3 Å². The van der Waals surface area contributed by atoms with Crippen LogP contribution in [0.2, 0.25) is 0 Å². The third kappa shape index (κ3) is 9.26. The number of para-hydroxylation sites is 1. The van der Waals surface area contributed by atoms with Crippen molar-refractivity contribution in [1.82, 2.24) is 15.5 Å². The standard InChI is InChI=1S/C38H49N3O8/c1-24(2)20-30(34(43)38(4)23-49-38)40-35(44)27-21-26-13-15-28(16-14-26)47-18-7-8-19-48-33-12-6-5-10-29(33)36(45)39-25(3)37(46)41-17-9-11-31(41)32(42)22-27/h5-6,10,12-16,24-25,27,30-31H,7-9,11,17-23H2,1-4H3,(H,39,45)(H,40,44)/t25-,27+,30-,31-,38+/m0/s1. The number of ketones is 2. The minimum atomic E-state index is -0.904. The Kier molecular flexibility index (Phi) is 11.7. The fourth-order valence-corrected chi connectivity index (χ4v) is 6.56. The van der Waals surface area contributed by atoms with Crippen molar-refractivity contribution < 1.29 is 38.2 Å². The van der Waals surface area contributed by atoms with Crippen LogP contribution in [0.4, 0.5) is 0 Å². The maximum atomic E-state index is 14.0. The summed E-state index contributed by atoms with van der Waals surface area (Å²) in [4.78, 5) is 69.8. The van der Waals surface area contributed by atoms with Gasteiger partial charge in [-0.3, -0.25) is 24.0 Å². The summed E-state index contributed by atoms with van der Waals surface area (Å²) in [7, 11) is 0. The Labute approximate surface area is 288 Å². The van der Waals surface area contributed by atoms with E-state index in [-0.39, 0.29) is 42.1 Å². The molecule has 2 aromatic rings. The van der Waals surface area contributed by atoms with E-state index in [1.54, 1.807) is 38.1 Å². The van der Waals surface area contributed by atoms with Crippen molar-refractivity contribution in [3.8, 4) is 11.5 Å². The first kappa shape index (κ1) is 36.0. The van der Waals surface area contributed by atoms with Crippen LogP contribution < -0.4 is 20.1 Å². The van der Waals surface area contributed by atoms with E-state index in [0.29, 0.717) is 69.1 Å². The normalized spacial score (nSPS) is 25.9. The molecule has 4 aliphatic rings. The Balaban J connectivity index is 1.39. The highest BCUT2D eigenvalue weighted by Crippen LogP contribution is 2.30. The summed E-state index contributed by atoms with van der Waals surface area (Å²) >= 11 is 0. The summed E-state index contributed by atoms with van der Waals surface area (Å²) in [6, 6.07) is 12.0. The molecule has 2 aromatic carbocycles. The first-order valence-electron chi connectivity index (χ1n) is 17.5. The summed E-state index contributed by atoms with van der Waals surface area (Å²) in [5.74, 6) is -1.12. The van der Waals surface area contributed by atoms with Crippen molar-refractivity contribution in [2.75, 3.05) is 26.4 Å². The lowest BCUT2D eigenvalue weighted by Crippen LogP contribution is -2.51. The number of benzene rings is 2. The van der Waals surface area contributed by atoms with Crippen molar-refractivity contribution in [3.63, 3.8) is 0 Å². The molecule has 11 nitrogen and oxygen atoms in total. The van der Waals surface area contributed by atoms with Crippen molar-refractivity contribution in [2.45, 2.75) is 96.4 Å². The zero-order valence-corrected chi connectivity index (χ0v) is 29.0. The fraction of sp³-hybridized carbons (Fsp3) is 0.553. The molecule has 0 spiro atoms. The van der Waals surface area contributed by atoms with Crippen LogP contribution in [0, 0.1) is 11.8 Å². The first-order valence-corrected chi connectivity index (χ1v) is 17.5. The number of nitrogens with zero attached hydrogens (tertiary/aromatic N) is 1. The van der Waals surface area contributed by atoms with Gasteiger partial charge in [-0.05, 0) is 88.1 Å². The van der Waals surface area contributed by atoms with E-state index in [0.717, 1.165) is 12.0 Å². The number of Topliss-reactive ketones (excluding diaryl/α,β-unsaturated/α-hetero) is 2. The minimum Gasteiger partial charge on any atom is -0.494 e. The molecule has 0 saturated carbocycles. The van der Waals surface area contributed by atoms with Gasteiger partial charge in [0.25, 0.3) is 5.91 Å². The quantitative estimate of drug-likeness (QED) is 0.437. The molecule has 2 N–H and O–H groups in total. The van der Waals surface area contributed by atoms with E-state index in [4.69, 9.17) is 14.2 Å². The molecule has 264 valence electrons. The van der Waals surface area contributed by atoms with E-state index < -0.39 is 35.6 Å². The molecule has 4 heterocycles. The number of amides is 3. The Morgan fingerprint density at radius 3 is 2.37 bits per heavy atom. The predicted octanol–water partition coefficient (Wildman–Crippen LogP) is 4.05. The molecule has 0 radical (unpaired) electrons. The number of fused-ring (bicyclic) bond motifs is 13. The number of carbonyl (C=O) groups is 5. The summed E-state index contributed by atoms with van der Waals surface area (Å²) in [5, 5.41) is 5.76. The number of hydrogen-bond acceptors (Lipinski definition) is 8. The molecule has 6 rings (SSSR count). The van der Waals surface area contributed by atoms with E-state index in [9.17, 15) is 24.0 Å². The third-order valence-corrected chi connectivity index (χ3v) is 9.48. The second-order valence-electron chi connectivity index (χ2n) is 14.1. The molecule has 0 aromatic heterocycles. The topological polar surface area (TPSA) is 144 Å². The summed E-state index contributed by atoms with van der Waals surface area (Å²) in [5.41, 5.74) is 0.257. The second kappa shape index (κ2) is 16.0. The van der Waals surface area contributed by atoms with Gasteiger partial charge in [-0.2, -0.15) is 0 Å². The predicted molar refractivity (Wildman–Crippen MR) is 182 cm³/mol. The highest BCUT2D eigenvalue weighted by Gasteiger charge is 2.50. The average Bonchev–Trinajstić information content (AvgIpc) is 3.63. The SMILES string of the molecule is CC(C)C[C@H](NC(=O)[C@H]1CC(=O)[C@@H]2CCCN2C(=O)[C@H](C)NC(=O)c2ccccc2OCCCCOc2ccc(cc2)C1)C(=O)[C@@]1(C)CO1. The maximum Gasteiger partial charge on any atom is 0.255 e. The number of carbonyl (C=O) groups excluding carboxylic acids is 5. The highest BCUT2D eigenvalue weighted by atomic mass is 16.6. The second-order valence-corrected chi connectivity index (χ2v) is 14.1. The highest BCUT2D eigenvalue weighted by molar-refractivity contribution is 6.01. The zero-order chi connectivity index (χ0) is 35.1. The van der Waals surface area contributed by atoms with Crippen LogP contribution in [-0.2, 0) is 30.3 Å². The molecule has 0 aliphatic carbocycles. The molecule has 5 atom stereocenters. The summed E-state index contributed by atoms with van der Waals surface area (Å²) in [6.45, 7) is 8.86. The van der Waals surface area contributed by atoms with Crippen molar-refractivity contribution in [3.05, 3.63) is 59.7 Å². The molecule has 2 saturated heterocycles.